The maximum Gasteiger partial charge on any atom is 0.243 e. The first kappa shape index (κ1) is 13.2. The molecule has 0 atom stereocenters. The number of hydrogen-bond acceptors (Lipinski definition) is 4. The van der Waals surface area contributed by atoms with E-state index in [2.05, 4.69) is 31.2 Å². The largest absolute Gasteiger partial charge is 0.481 e. The second-order valence-electron chi connectivity index (χ2n) is 3.48. The van der Waals surface area contributed by atoms with Crippen molar-refractivity contribution in [2.45, 2.75) is 18.2 Å². The minimum Gasteiger partial charge on any atom is -0.481 e. The zero-order valence-corrected chi connectivity index (χ0v) is 11.4. The van der Waals surface area contributed by atoms with Gasteiger partial charge in [0.05, 0.1) is 11.4 Å². The summed E-state index contributed by atoms with van der Waals surface area (Å²) in [6, 6.07) is 1.45. The van der Waals surface area contributed by atoms with Gasteiger partial charge in [-0.25, -0.2) is 4.98 Å². The van der Waals surface area contributed by atoms with Crippen molar-refractivity contribution in [2.24, 2.45) is 0 Å². The lowest BCUT2D eigenvalue weighted by Crippen LogP contribution is -2.31. The Morgan fingerprint density at radius 1 is 1.56 bits per heavy atom. The van der Waals surface area contributed by atoms with Crippen LogP contribution in [0, 0.1) is 0 Å². The monoisotopic (exact) mass is 307 g/mol. The summed E-state index contributed by atoms with van der Waals surface area (Å²) in [5, 5.41) is 2.73. The van der Waals surface area contributed by atoms with Crippen LogP contribution in [0.25, 0.3) is 0 Å². The summed E-state index contributed by atoms with van der Waals surface area (Å²) in [4.78, 5) is 19.4. The van der Waals surface area contributed by atoms with E-state index in [0.717, 1.165) is 0 Å². The molecule has 0 bridgehead atoms. The maximum absolute atomic E-state index is 11.6. The third-order valence-electron chi connectivity index (χ3n) is 1.65. The highest BCUT2D eigenvalue weighted by Gasteiger charge is 2.24. The van der Waals surface area contributed by atoms with Gasteiger partial charge in [-0.05, 0) is 13.8 Å². The number of carbonyl (C=O) groups is 1. The molecule has 0 fully saturated rings. The third-order valence-corrected chi connectivity index (χ3v) is 2.20. The number of hydrogen-bond donors (Lipinski definition) is 1. The van der Waals surface area contributed by atoms with Crippen molar-refractivity contribution >= 4 is 39.4 Å². The number of rotatable bonds is 3. The number of halogens is 2. The Morgan fingerprint density at radius 2 is 2.19 bits per heavy atom. The summed E-state index contributed by atoms with van der Waals surface area (Å²) in [6.07, 6.45) is 0. The molecule has 0 saturated heterocycles. The van der Waals surface area contributed by atoms with Crippen molar-refractivity contribution in [2.75, 3.05) is 12.4 Å². The highest BCUT2D eigenvalue weighted by molar-refractivity contribution is 9.10. The molecule has 0 aliphatic carbocycles. The quantitative estimate of drug-likeness (QED) is 0.687. The fourth-order valence-electron chi connectivity index (χ4n) is 0.808. The lowest BCUT2D eigenvalue weighted by atomic mass is 10.2. The zero-order chi connectivity index (χ0) is 12.3. The van der Waals surface area contributed by atoms with Crippen LogP contribution >= 0.6 is 27.5 Å². The van der Waals surface area contributed by atoms with E-state index in [1.807, 2.05) is 0 Å². The molecular weight excluding hydrogens is 297 g/mol. The maximum atomic E-state index is 11.6. The molecule has 1 aromatic rings. The van der Waals surface area contributed by atoms with Gasteiger partial charge in [-0.1, -0.05) is 27.5 Å². The first-order valence-electron chi connectivity index (χ1n) is 4.42. The molecule has 1 N–H and O–H groups in total. The molecule has 1 amide bonds. The van der Waals surface area contributed by atoms with Crippen LogP contribution in [0.3, 0.4) is 0 Å². The van der Waals surface area contributed by atoms with Crippen LogP contribution in [0.4, 0.5) is 5.95 Å². The molecule has 1 rings (SSSR count). The molecule has 0 aliphatic rings. The summed E-state index contributed by atoms with van der Waals surface area (Å²) < 4.78 is 4.20. The van der Waals surface area contributed by atoms with Crippen LogP contribution in [0.1, 0.15) is 13.8 Å². The predicted octanol–water partition coefficient (Wildman–Crippen LogP) is 2.25. The first-order chi connectivity index (χ1) is 7.32. The number of methoxy groups -OCH3 is 1. The van der Waals surface area contributed by atoms with Gasteiger partial charge in [0.15, 0.2) is 0 Å². The fraction of sp³-hybridized carbons (Fsp3) is 0.444. The van der Waals surface area contributed by atoms with E-state index in [1.54, 1.807) is 13.8 Å². The molecule has 0 saturated carbocycles. The van der Waals surface area contributed by atoms with E-state index in [4.69, 9.17) is 16.3 Å². The fourth-order valence-corrected chi connectivity index (χ4v) is 1.08. The second-order valence-corrected chi connectivity index (χ2v) is 5.85. The summed E-state index contributed by atoms with van der Waals surface area (Å²) in [7, 11) is 1.46. The van der Waals surface area contributed by atoms with Gasteiger partial charge in [-0.15, -0.1) is 0 Å². The van der Waals surface area contributed by atoms with E-state index in [0.29, 0.717) is 5.88 Å². The molecule has 1 heterocycles. The average molecular weight is 309 g/mol. The molecule has 5 nitrogen and oxygen atoms in total. The lowest BCUT2D eigenvalue weighted by molar-refractivity contribution is -0.117. The first-order valence-corrected chi connectivity index (χ1v) is 5.59. The number of amides is 1. The van der Waals surface area contributed by atoms with Crippen molar-refractivity contribution in [3.63, 3.8) is 0 Å². The highest BCUT2D eigenvalue weighted by atomic mass is 79.9. The zero-order valence-electron chi connectivity index (χ0n) is 9.04. The van der Waals surface area contributed by atoms with Crippen molar-refractivity contribution in [1.29, 1.82) is 0 Å². The van der Waals surface area contributed by atoms with Gasteiger partial charge in [0, 0.05) is 6.07 Å². The Morgan fingerprint density at radius 3 is 2.69 bits per heavy atom. The Hall–Kier alpha value is -0.880. The number of aromatic nitrogens is 2. The summed E-state index contributed by atoms with van der Waals surface area (Å²) in [5.41, 5.74) is 0. The number of anilines is 1. The van der Waals surface area contributed by atoms with E-state index >= 15 is 0 Å². The lowest BCUT2D eigenvalue weighted by Gasteiger charge is -2.14. The normalized spacial score (nSPS) is 11.1. The summed E-state index contributed by atoms with van der Waals surface area (Å²) in [6.45, 7) is 3.42. The van der Waals surface area contributed by atoms with Crippen LogP contribution in [0.2, 0.25) is 5.15 Å². The number of ether oxygens (including phenoxy) is 1. The SMILES string of the molecule is COc1cc(Cl)nc(NC(=O)C(C)(C)Br)n1. The number of nitrogens with one attached hydrogen (secondary N) is 1. The van der Waals surface area contributed by atoms with Gasteiger partial charge < -0.3 is 4.74 Å². The molecular formula is C9H11BrClN3O2. The van der Waals surface area contributed by atoms with Crippen LogP contribution in [-0.2, 0) is 4.79 Å². The number of alkyl halides is 1. The van der Waals surface area contributed by atoms with Gasteiger partial charge in [0.2, 0.25) is 17.7 Å². The van der Waals surface area contributed by atoms with Crippen LogP contribution in [-0.4, -0.2) is 27.3 Å². The molecule has 1 aromatic heterocycles. The molecule has 0 radical (unpaired) electrons. The van der Waals surface area contributed by atoms with Gasteiger partial charge in [0.25, 0.3) is 0 Å². The number of carbonyl (C=O) groups excluding carboxylic acids is 1. The van der Waals surface area contributed by atoms with E-state index < -0.39 is 4.32 Å². The molecule has 88 valence electrons. The summed E-state index contributed by atoms with van der Waals surface area (Å²) in [5.74, 6) is 0.140. The second kappa shape index (κ2) is 4.97. The van der Waals surface area contributed by atoms with Gasteiger partial charge in [0.1, 0.15) is 5.15 Å². The molecule has 0 aromatic carbocycles. The smallest absolute Gasteiger partial charge is 0.243 e. The molecule has 0 aliphatic heterocycles. The molecule has 16 heavy (non-hydrogen) atoms. The molecule has 0 unspecified atom stereocenters. The Balaban J connectivity index is 2.89. The van der Waals surface area contributed by atoms with Crippen molar-refractivity contribution in [1.82, 2.24) is 9.97 Å². The van der Waals surface area contributed by atoms with E-state index in [1.165, 1.54) is 13.2 Å². The Bertz CT molecular complexity index is 406. The topological polar surface area (TPSA) is 64.1 Å². The van der Waals surface area contributed by atoms with E-state index in [-0.39, 0.29) is 17.0 Å². The van der Waals surface area contributed by atoms with Crippen LogP contribution in [0.5, 0.6) is 5.88 Å². The highest BCUT2D eigenvalue weighted by Crippen LogP contribution is 2.20. The van der Waals surface area contributed by atoms with Crippen molar-refractivity contribution in [3.05, 3.63) is 11.2 Å². The minimum atomic E-state index is -0.702. The van der Waals surface area contributed by atoms with Gasteiger partial charge in [-0.3, -0.25) is 10.1 Å². The Kier molecular flexibility index (Phi) is 4.09. The van der Waals surface area contributed by atoms with Crippen LogP contribution < -0.4 is 10.1 Å². The predicted molar refractivity (Wildman–Crippen MR) is 65.2 cm³/mol. The number of nitrogens with zero attached hydrogens (tertiary/aromatic N) is 2. The van der Waals surface area contributed by atoms with Crippen molar-refractivity contribution in [3.8, 4) is 5.88 Å². The minimum absolute atomic E-state index is 0.113. The van der Waals surface area contributed by atoms with Gasteiger partial charge >= 0.3 is 0 Å². The summed E-state index contributed by atoms with van der Waals surface area (Å²) >= 11 is 8.96. The van der Waals surface area contributed by atoms with E-state index in [9.17, 15) is 4.79 Å². The molecule has 7 heteroatoms. The third kappa shape index (κ3) is 3.61. The Labute approximate surface area is 107 Å². The van der Waals surface area contributed by atoms with Gasteiger partial charge in [-0.2, -0.15) is 4.98 Å². The standard InChI is InChI=1S/C9H11BrClN3O2/c1-9(2,10)7(15)14-8-12-5(11)4-6(13-8)16-3/h4H,1-3H3,(H,12,13,14,15). The van der Waals surface area contributed by atoms with Crippen LogP contribution in [0.15, 0.2) is 6.07 Å². The van der Waals surface area contributed by atoms with Crippen molar-refractivity contribution < 1.29 is 9.53 Å². The average Bonchev–Trinajstić information content (AvgIpc) is 2.15. The molecule has 0 spiro atoms.